The number of ether oxygens (including phenoxy) is 1. The first-order valence-corrected chi connectivity index (χ1v) is 8.66. The summed E-state index contributed by atoms with van der Waals surface area (Å²) in [6, 6.07) is 11.5. The van der Waals surface area contributed by atoms with Gasteiger partial charge in [-0.25, -0.2) is 0 Å². The number of anilines is 2. The largest absolute Gasteiger partial charge is 0.489 e. The maximum absolute atomic E-state index is 11.7. The normalized spacial score (nSPS) is 14.3. The van der Waals surface area contributed by atoms with Crippen molar-refractivity contribution < 1.29 is 9.53 Å². The number of aromatic amines is 1. The van der Waals surface area contributed by atoms with Gasteiger partial charge in [0.25, 0.3) is 0 Å². The number of nitrogens with two attached hydrogens (primary N) is 2. The zero-order valence-electron chi connectivity index (χ0n) is 14.4. The number of hydrogen-bond donors (Lipinski definition) is 3. The Balaban J connectivity index is 1.60. The van der Waals surface area contributed by atoms with E-state index in [0.717, 1.165) is 35.0 Å². The molecule has 0 unspecified atom stereocenters. The van der Waals surface area contributed by atoms with Gasteiger partial charge in [0.1, 0.15) is 17.9 Å². The number of benzene rings is 2. The molecule has 2 heterocycles. The van der Waals surface area contributed by atoms with Crippen LogP contribution in [-0.2, 0) is 4.79 Å². The number of carbonyl (C=O) groups excluding carboxylic acids is 1. The van der Waals surface area contributed by atoms with Crippen LogP contribution in [0, 0.1) is 0 Å². The van der Waals surface area contributed by atoms with Gasteiger partial charge in [0.2, 0.25) is 5.91 Å². The highest BCUT2D eigenvalue weighted by molar-refractivity contribution is 6.04. The van der Waals surface area contributed by atoms with Crippen LogP contribution < -0.4 is 16.2 Å². The van der Waals surface area contributed by atoms with Crippen LogP contribution in [0.15, 0.2) is 36.4 Å². The number of amides is 1. The average molecular weight is 351 g/mol. The molecule has 4 rings (SSSR count). The first kappa shape index (κ1) is 16.3. The van der Waals surface area contributed by atoms with E-state index in [-0.39, 0.29) is 5.91 Å². The molecule has 1 aromatic heterocycles. The molecule has 1 aliphatic heterocycles. The van der Waals surface area contributed by atoms with Gasteiger partial charge in [-0.2, -0.15) is 5.10 Å². The summed E-state index contributed by atoms with van der Waals surface area (Å²) in [6.45, 7) is 1.83. The fraction of sp³-hybridized carbons (Fsp3) is 0.263. The Kier molecular flexibility index (Phi) is 4.12. The van der Waals surface area contributed by atoms with E-state index in [1.54, 1.807) is 0 Å². The van der Waals surface area contributed by atoms with Crippen LogP contribution in [0.5, 0.6) is 5.75 Å². The zero-order valence-corrected chi connectivity index (χ0v) is 14.4. The van der Waals surface area contributed by atoms with Gasteiger partial charge in [0, 0.05) is 18.7 Å². The molecule has 134 valence electrons. The summed E-state index contributed by atoms with van der Waals surface area (Å²) < 4.78 is 5.91. The molecule has 0 aliphatic carbocycles. The Labute approximate surface area is 150 Å². The Hall–Kier alpha value is -3.22. The van der Waals surface area contributed by atoms with Crippen molar-refractivity contribution in [2.24, 2.45) is 0 Å². The Morgan fingerprint density at radius 3 is 2.69 bits per heavy atom. The molecule has 7 heteroatoms. The van der Waals surface area contributed by atoms with E-state index in [9.17, 15) is 4.79 Å². The number of likely N-dealkylation sites (tertiary alicyclic amines) is 1. The Morgan fingerprint density at radius 2 is 1.96 bits per heavy atom. The third-order valence-corrected chi connectivity index (χ3v) is 4.72. The SMILES string of the molecule is Nc1ccc(-c2ccc(OCCN3CCCC3=O)c3[nH]nc(N)c23)cc1. The molecule has 3 aromatic rings. The second kappa shape index (κ2) is 6.59. The smallest absolute Gasteiger partial charge is 0.222 e. The number of nitrogen functional groups attached to an aromatic ring is 2. The zero-order chi connectivity index (χ0) is 18.1. The van der Waals surface area contributed by atoms with Crippen LogP contribution in [0.2, 0.25) is 0 Å². The van der Waals surface area contributed by atoms with Gasteiger partial charge in [-0.3, -0.25) is 9.89 Å². The minimum atomic E-state index is 0.197. The van der Waals surface area contributed by atoms with E-state index in [0.29, 0.717) is 36.8 Å². The highest BCUT2D eigenvalue weighted by Crippen LogP contribution is 2.36. The summed E-state index contributed by atoms with van der Waals surface area (Å²) in [7, 11) is 0. The first-order chi connectivity index (χ1) is 12.6. The van der Waals surface area contributed by atoms with Gasteiger partial charge in [-0.15, -0.1) is 0 Å². The van der Waals surface area contributed by atoms with Crippen LogP contribution in [0.4, 0.5) is 11.5 Å². The second-order valence-corrected chi connectivity index (χ2v) is 6.42. The number of fused-ring (bicyclic) bond motifs is 1. The molecule has 0 radical (unpaired) electrons. The van der Waals surface area contributed by atoms with Crippen molar-refractivity contribution in [2.75, 3.05) is 31.2 Å². The summed E-state index contributed by atoms with van der Waals surface area (Å²) in [5.41, 5.74) is 15.3. The minimum absolute atomic E-state index is 0.197. The summed E-state index contributed by atoms with van der Waals surface area (Å²) in [5.74, 6) is 1.30. The molecule has 1 amide bonds. The van der Waals surface area contributed by atoms with Gasteiger partial charge in [-0.05, 0) is 41.8 Å². The van der Waals surface area contributed by atoms with E-state index in [2.05, 4.69) is 10.2 Å². The Bertz CT molecular complexity index is 948. The molecular formula is C19H21N5O2. The molecule has 1 aliphatic rings. The number of rotatable bonds is 5. The summed E-state index contributed by atoms with van der Waals surface area (Å²) >= 11 is 0. The van der Waals surface area contributed by atoms with E-state index in [1.807, 2.05) is 41.3 Å². The second-order valence-electron chi connectivity index (χ2n) is 6.42. The molecule has 26 heavy (non-hydrogen) atoms. The van der Waals surface area contributed by atoms with Crippen molar-refractivity contribution in [3.8, 4) is 16.9 Å². The van der Waals surface area contributed by atoms with Crippen molar-refractivity contribution in [1.29, 1.82) is 0 Å². The predicted octanol–water partition coefficient (Wildman–Crippen LogP) is 2.40. The molecule has 0 atom stereocenters. The van der Waals surface area contributed by atoms with Gasteiger partial charge in [0.15, 0.2) is 5.82 Å². The van der Waals surface area contributed by atoms with Crippen molar-refractivity contribution in [2.45, 2.75) is 12.8 Å². The van der Waals surface area contributed by atoms with Crippen LogP contribution >= 0.6 is 0 Å². The first-order valence-electron chi connectivity index (χ1n) is 8.66. The van der Waals surface area contributed by atoms with E-state index < -0.39 is 0 Å². The third kappa shape index (κ3) is 2.92. The highest BCUT2D eigenvalue weighted by Gasteiger charge is 2.20. The third-order valence-electron chi connectivity index (χ3n) is 4.72. The quantitative estimate of drug-likeness (QED) is 0.611. The maximum Gasteiger partial charge on any atom is 0.222 e. The van der Waals surface area contributed by atoms with Gasteiger partial charge >= 0.3 is 0 Å². The Morgan fingerprint density at radius 1 is 1.15 bits per heavy atom. The molecule has 1 fully saturated rings. The van der Waals surface area contributed by atoms with Crippen LogP contribution in [0.25, 0.3) is 22.0 Å². The van der Waals surface area contributed by atoms with Crippen molar-refractivity contribution in [3.05, 3.63) is 36.4 Å². The number of carbonyl (C=O) groups is 1. The monoisotopic (exact) mass is 351 g/mol. The molecule has 0 saturated carbocycles. The number of nitrogens with zero attached hydrogens (tertiary/aromatic N) is 2. The molecular weight excluding hydrogens is 330 g/mol. The lowest BCUT2D eigenvalue weighted by molar-refractivity contribution is -0.128. The molecule has 0 bridgehead atoms. The lowest BCUT2D eigenvalue weighted by Crippen LogP contribution is -2.29. The molecule has 5 N–H and O–H groups in total. The minimum Gasteiger partial charge on any atom is -0.489 e. The van der Waals surface area contributed by atoms with Crippen LogP contribution in [0.3, 0.4) is 0 Å². The number of aromatic nitrogens is 2. The van der Waals surface area contributed by atoms with Crippen LogP contribution in [-0.4, -0.2) is 40.7 Å². The average Bonchev–Trinajstić information content (AvgIpc) is 3.23. The van der Waals surface area contributed by atoms with Gasteiger partial charge in [0.05, 0.1) is 11.9 Å². The topological polar surface area (TPSA) is 110 Å². The van der Waals surface area contributed by atoms with E-state index in [4.69, 9.17) is 16.2 Å². The molecule has 1 saturated heterocycles. The molecule has 7 nitrogen and oxygen atoms in total. The van der Waals surface area contributed by atoms with E-state index >= 15 is 0 Å². The lowest BCUT2D eigenvalue weighted by Gasteiger charge is -2.16. The summed E-state index contributed by atoms with van der Waals surface area (Å²) in [6.07, 6.45) is 1.56. The van der Waals surface area contributed by atoms with Crippen LogP contribution in [0.1, 0.15) is 12.8 Å². The molecule has 2 aromatic carbocycles. The van der Waals surface area contributed by atoms with Crippen molar-refractivity contribution in [3.63, 3.8) is 0 Å². The fourth-order valence-electron chi connectivity index (χ4n) is 3.36. The number of nitrogens with one attached hydrogen (secondary N) is 1. The predicted molar refractivity (Wildman–Crippen MR) is 102 cm³/mol. The highest BCUT2D eigenvalue weighted by atomic mass is 16.5. The van der Waals surface area contributed by atoms with Gasteiger partial charge in [-0.1, -0.05) is 12.1 Å². The lowest BCUT2D eigenvalue weighted by atomic mass is 10.0. The molecule has 0 spiro atoms. The van der Waals surface area contributed by atoms with Crippen molar-refractivity contribution >= 4 is 28.3 Å². The standard InChI is InChI=1S/C19H21N5O2/c20-13-5-3-12(4-6-13)14-7-8-15(18-17(14)19(21)23-22-18)26-11-10-24-9-1-2-16(24)25/h3-8H,1-2,9-11,20H2,(H3,21,22,23). The number of H-pyrrole nitrogens is 1. The summed E-state index contributed by atoms with van der Waals surface area (Å²) in [5, 5.41) is 7.92. The van der Waals surface area contributed by atoms with E-state index in [1.165, 1.54) is 0 Å². The maximum atomic E-state index is 11.7. The summed E-state index contributed by atoms with van der Waals surface area (Å²) in [4.78, 5) is 13.5. The van der Waals surface area contributed by atoms with Gasteiger partial charge < -0.3 is 21.1 Å². The van der Waals surface area contributed by atoms with Crippen molar-refractivity contribution in [1.82, 2.24) is 15.1 Å². The number of hydrogen-bond acceptors (Lipinski definition) is 5. The fourth-order valence-corrected chi connectivity index (χ4v) is 3.36.